The van der Waals surface area contributed by atoms with Gasteiger partial charge >= 0.3 is 59.6 Å². The maximum absolute atomic E-state index is 14.2. The predicted octanol–water partition coefficient (Wildman–Crippen LogP) is 8.58. The van der Waals surface area contributed by atoms with Crippen LogP contribution in [0, 0.1) is 12.3 Å². The van der Waals surface area contributed by atoms with Gasteiger partial charge in [-0.2, -0.15) is 74.6 Å². The molecule has 2 aromatic rings. The molecule has 9 nitrogen and oxygen atoms in total. The van der Waals surface area contributed by atoms with Crippen LogP contribution < -0.4 is 16.0 Å². The van der Waals surface area contributed by atoms with Crippen molar-refractivity contribution in [1.82, 2.24) is 10.2 Å². The van der Waals surface area contributed by atoms with Crippen LogP contribution in [0.5, 0.6) is 0 Å². The molecule has 338 valence electrons. The van der Waals surface area contributed by atoms with Crippen molar-refractivity contribution < 1.29 is 98.6 Å². The van der Waals surface area contributed by atoms with Crippen LogP contribution in [0.1, 0.15) is 28.8 Å². The van der Waals surface area contributed by atoms with Gasteiger partial charge in [-0.3, -0.25) is 14.4 Å². The van der Waals surface area contributed by atoms with E-state index in [1.165, 1.54) is 18.2 Å². The number of urea groups is 1. The van der Waals surface area contributed by atoms with Gasteiger partial charge < -0.3 is 25.6 Å². The second-order valence-corrected chi connectivity index (χ2v) is 12.4. The molecule has 0 aromatic heterocycles. The van der Waals surface area contributed by atoms with Crippen LogP contribution in [0.15, 0.2) is 61.2 Å². The third kappa shape index (κ3) is 11.0. The van der Waals surface area contributed by atoms with E-state index in [2.05, 4.69) is 27.3 Å². The average Bonchev–Trinajstić information content (AvgIpc) is 3.15. The highest BCUT2D eigenvalue weighted by Crippen LogP contribution is 2.64. The summed E-state index contributed by atoms with van der Waals surface area (Å²) in [5, 5.41) is 7.54. The Hall–Kier alpha value is -5.77. The van der Waals surface area contributed by atoms with Crippen LogP contribution in [0.25, 0.3) is 0 Å². The Balaban J connectivity index is 2.11. The molecule has 0 saturated heterocycles. The van der Waals surface area contributed by atoms with Gasteiger partial charge in [0.25, 0.3) is 5.91 Å². The third-order valence-corrected chi connectivity index (χ3v) is 7.98. The topological polar surface area (TPSA) is 117 Å². The number of anilines is 2. The van der Waals surface area contributed by atoms with Crippen molar-refractivity contribution in [2.24, 2.45) is 0 Å². The Labute approximate surface area is 332 Å². The number of alkyl halides is 17. The van der Waals surface area contributed by atoms with Crippen LogP contribution in [0.4, 0.5) is 90.8 Å². The van der Waals surface area contributed by atoms with E-state index in [-0.39, 0.29) is 30.6 Å². The first-order valence-corrected chi connectivity index (χ1v) is 16.5. The summed E-state index contributed by atoms with van der Waals surface area (Å²) in [5.41, 5.74) is 0.703. The van der Waals surface area contributed by atoms with Gasteiger partial charge in [-0.25, -0.2) is 4.79 Å². The number of rotatable bonds is 20. The van der Waals surface area contributed by atoms with Gasteiger partial charge in [0.05, 0.1) is 19.6 Å². The molecule has 4 amide bonds. The molecule has 3 N–H and O–H groups in total. The highest BCUT2D eigenvalue weighted by molar-refractivity contribution is 5.98. The van der Waals surface area contributed by atoms with Crippen LogP contribution >= 0.6 is 0 Å². The molecule has 0 saturated carbocycles. The molecule has 0 heterocycles. The van der Waals surface area contributed by atoms with E-state index in [0.717, 1.165) is 12.1 Å². The van der Waals surface area contributed by atoms with E-state index in [9.17, 15) is 93.8 Å². The molecule has 0 atom stereocenters. The van der Waals surface area contributed by atoms with Crippen molar-refractivity contribution in [3.63, 3.8) is 0 Å². The fourth-order valence-electron chi connectivity index (χ4n) is 4.70. The number of benzene rings is 2. The Kier molecular flexibility index (Phi) is 15.9. The number of amides is 4. The Bertz CT molecular complexity index is 1970. The molecule has 61 heavy (non-hydrogen) atoms. The summed E-state index contributed by atoms with van der Waals surface area (Å²) in [6.45, 7) is -0.704. The minimum absolute atomic E-state index is 0.00511. The lowest BCUT2D eigenvalue weighted by atomic mass is 9.88. The van der Waals surface area contributed by atoms with Crippen LogP contribution in [0.3, 0.4) is 0 Å². The molecule has 0 radical (unpaired) electrons. The lowest BCUT2D eigenvalue weighted by Crippen LogP contribution is -2.74. The van der Waals surface area contributed by atoms with E-state index in [0.29, 0.717) is 16.2 Å². The molecule has 26 heteroatoms. The summed E-state index contributed by atoms with van der Waals surface area (Å²) in [7, 11) is 0. The molecule has 0 aliphatic heterocycles. The first-order chi connectivity index (χ1) is 27.8. The van der Waals surface area contributed by atoms with Crippen molar-refractivity contribution in [3.8, 4) is 12.3 Å². The summed E-state index contributed by atoms with van der Waals surface area (Å²) in [5.74, 6) is -59.4. The second-order valence-electron chi connectivity index (χ2n) is 12.4. The van der Waals surface area contributed by atoms with Gasteiger partial charge in [-0.15, -0.1) is 13.0 Å². The Morgan fingerprint density at radius 2 is 1.25 bits per heavy atom. The van der Waals surface area contributed by atoms with E-state index in [1.807, 2.05) is 5.92 Å². The predicted molar refractivity (Wildman–Crippen MR) is 178 cm³/mol. The fraction of sp³-hybridized carbons (Fsp3) is 0.429. The molecular formula is C35H29F17N4O5. The molecular weight excluding hydrogens is 879 g/mol. The van der Waals surface area contributed by atoms with E-state index in [1.54, 1.807) is 24.3 Å². The number of carbonyl (C=O) groups is 4. The number of ether oxygens (including phenoxy) is 1. The number of aryl methyl sites for hydroxylation is 1. The quantitative estimate of drug-likeness (QED) is 0.0533. The first-order valence-electron chi connectivity index (χ1n) is 16.5. The zero-order chi connectivity index (χ0) is 47.0. The smallest absolute Gasteiger partial charge is 0.460 e. The van der Waals surface area contributed by atoms with Crippen molar-refractivity contribution in [2.75, 3.05) is 36.9 Å². The number of halogens is 17. The lowest BCUT2D eigenvalue weighted by molar-refractivity contribution is -0.461. The monoisotopic (exact) mass is 908 g/mol. The number of esters is 1. The van der Waals surface area contributed by atoms with Crippen molar-refractivity contribution in [3.05, 3.63) is 72.3 Å². The molecule has 0 unspecified atom stereocenters. The Morgan fingerprint density at radius 1 is 0.721 bits per heavy atom. The Morgan fingerprint density at radius 3 is 1.79 bits per heavy atom. The van der Waals surface area contributed by atoms with Crippen molar-refractivity contribution in [1.29, 1.82) is 0 Å². The fourth-order valence-corrected chi connectivity index (χ4v) is 4.70. The summed E-state index contributed by atoms with van der Waals surface area (Å²) < 4.78 is 234. The normalized spacial score (nSPS) is 13.1. The maximum Gasteiger partial charge on any atom is 0.460 e. The minimum atomic E-state index is -8.79. The number of nitrogens with zero attached hydrogens (tertiary/aromatic N) is 1. The molecule has 2 rings (SSSR count). The number of hydrogen-bond donors (Lipinski definition) is 3. The van der Waals surface area contributed by atoms with Gasteiger partial charge in [-0.05, 0) is 42.3 Å². The highest BCUT2D eigenvalue weighted by Gasteiger charge is 2.95. The molecule has 0 spiro atoms. The van der Waals surface area contributed by atoms with Gasteiger partial charge in [-0.1, -0.05) is 30.2 Å². The SMILES string of the molecule is C#CCN(CC(=O)OCCC(F)(F)C(F)(F)C(F)(F)C(F)(F)C(F)(F)C(F)(F)C(F)(F)C(F)(F)F)C(=O)c1cccc(NC(=O)CCc2cccc(NC(=O)NCC=C)c2)c1. The van der Waals surface area contributed by atoms with Crippen LogP contribution in [-0.4, -0.2) is 103 Å². The van der Waals surface area contributed by atoms with Gasteiger partial charge in [0, 0.05) is 29.9 Å². The maximum atomic E-state index is 14.2. The largest absolute Gasteiger partial charge is 0.464 e. The number of terminal acetylenes is 1. The second kappa shape index (κ2) is 18.9. The highest BCUT2D eigenvalue weighted by atomic mass is 19.4. The van der Waals surface area contributed by atoms with Gasteiger partial charge in [0.2, 0.25) is 5.91 Å². The average molecular weight is 909 g/mol. The summed E-state index contributed by atoms with van der Waals surface area (Å²) in [6.07, 6.45) is -4.29. The third-order valence-electron chi connectivity index (χ3n) is 7.98. The number of nitrogens with one attached hydrogen (secondary N) is 3. The molecule has 0 bridgehead atoms. The zero-order valence-electron chi connectivity index (χ0n) is 30.3. The summed E-state index contributed by atoms with van der Waals surface area (Å²) in [4.78, 5) is 50.3. The van der Waals surface area contributed by atoms with Crippen molar-refractivity contribution >= 4 is 35.2 Å². The number of carbonyl (C=O) groups excluding carboxylic acids is 4. The zero-order valence-corrected chi connectivity index (χ0v) is 30.3. The van der Waals surface area contributed by atoms with Crippen molar-refractivity contribution in [2.45, 2.75) is 66.9 Å². The van der Waals surface area contributed by atoms with E-state index < -0.39 is 97.6 Å². The lowest BCUT2D eigenvalue weighted by Gasteiger charge is -2.42. The minimum Gasteiger partial charge on any atom is -0.464 e. The molecule has 0 fully saturated rings. The van der Waals surface area contributed by atoms with E-state index in [4.69, 9.17) is 6.42 Å². The standard InChI is InChI=1S/C35H29F17N4O5/c1-3-14-53-27(60)55-22-9-5-7-20(17-22)11-12-24(57)54-23-10-6-8-21(18-23)26(59)56(15-4-2)19-25(58)61-16-13-28(36,37)29(38,39)30(40,41)31(42,43)32(44,45)33(46,47)34(48,49)35(50,51)52/h2-3,5-10,17-18H,1,11-16,19H2,(H,54,57)(H2,53,55,60). The molecule has 2 aromatic carbocycles. The van der Waals surface area contributed by atoms with Gasteiger partial charge in [0.15, 0.2) is 0 Å². The number of hydrogen-bond acceptors (Lipinski definition) is 5. The van der Waals surface area contributed by atoms with Gasteiger partial charge in [0.1, 0.15) is 6.54 Å². The first kappa shape index (κ1) is 51.4. The van der Waals surface area contributed by atoms with Crippen LogP contribution in [-0.2, 0) is 20.7 Å². The van der Waals surface area contributed by atoms with Crippen LogP contribution in [0.2, 0.25) is 0 Å². The summed E-state index contributed by atoms with van der Waals surface area (Å²) >= 11 is 0. The molecule has 0 aliphatic rings. The molecule has 0 aliphatic carbocycles. The summed E-state index contributed by atoms with van der Waals surface area (Å²) in [6, 6.07) is 10.6. The van der Waals surface area contributed by atoms with E-state index >= 15 is 0 Å².